The Morgan fingerprint density at radius 3 is 2.48 bits per heavy atom. The second kappa shape index (κ2) is 8.97. The number of halogens is 3. The van der Waals surface area contributed by atoms with E-state index in [1.165, 1.54) is 6.07 Å². The number of piperidine rings is 1. The van der Waals surface area contributed by atoms with Crippen LogP contribution in [0.1, 0.15) is 41.3 Å². The van der Waals surface area contributed by atoms with Gasteiger partial charge in [0.1, 0.15) is 5.76 Å². The molecule has 4 rings (SSSR count). The smallest absolute Gasteiger partial charge is 0.393 e. The average molecular weight is 461 g/mol. The number of hydrogen-bond donors (Lipinski definition) is 2. The fraction of sp³-hybridized carbons (Fsp3) is 0.375. The fourth-order valence-electron chi connectivity index (χ4n) is 3.98. The zero-order valence-electron chi connectivity index (χ0n) is 18.4. The predicted octanol–water partition coefficient (Wildman–Crippen LogP) is 4.88. The van der Waals surface area contributed by atoms with Crippen LogP contribution < -0.4 is 15.3 Å². The molecular weight excluding hydrogens is 435 g/mol. The Balaban J connectivity index is 1.59. The molecule has 2 aromatic carbocycles. The number of aryl methyl sites for hydroxylation is 1. The van der Waals surface area contributed by atoms with E-state index in [0.29, 0.717) is 43.9 Å². The summed E-state index contributed by atoms with van der Waals surface area (Å²) in [5.41, 5.74) is 1.51. The van der Waals surface area contributed by atoms with E-state index >= 15 is 0 Å². The summed E-state index contributed by atoms with van der Waals surface area (Å²) in [5.74, 6) is 0.136. The van der Waals surface area contributed by atoms with Crippen molar-refractivity contribution in [1.82, 2.24) is 0 Å². The normalized spacial score (nSPS) is 17.1. The van der Waals surface area contributed by atoms with Gasteiger partial charge in [0.05, 0.1) is 23.9 Å². The monoisotopic (exact) mass is 461 g/mol. The van der Waals surface area contributed by atoms with Crippen LogP contribution in [-0.2, 0) is 11.0 Å². The van der Waals surface area contributed by atoms with Crippen LogP contribution in [0, 0.1) is 6.92 Å². The summed E-state index contributed by atoms with van der Waals surface area (Å²) in [7, 11) is 0. The van der Waals surface area contributed by atoms with Gasteiger partial charge in [0.15, 0.2) is 0 Å². The molecule has 2 heterocycles. The van der Waals surface area contributed by atoms with Gasteiger partial charge in [-0.15, -0.1) is 0 Å². The van der Waals surface area contributed by atoms with Crippen molar-refractivity contribution >= 4 is 23.0 Å². The van der Waals surface area contributed by atoms with Crippen molar-refractivity contribution in [2.75, 3.05) is 34.9 Å². The Morgan fingerprint density at radius 2 is 1.85 bits per heavy atom. The Kier molecular flexibility index (Phi) is 6.25. The number of hydrogen-bond acceptors (Lipinski definition) is 5. The van der Waals surface area contributed by atoms with E-state index in [-0.39, 0.29) is 5.56 Å². The van der Waals surface area contributed by atoms with Crippen molar-refractivity contribution in [1.29, 1.82) is 0 Å². The standard InChI is InChI=1S/C24H26F3N3O3/c1-15-3-4-19(14-22(15)30-10-5-16(2)33-30)28-23(32)17-11-18(24(25,26)27)13-20(12-17)29-8-6-21(31)7-9-29/h3-5,11-14,21,31H,6-10H2,1-2H3,(H,28,32). The molecule has 2 N–H and O–H groups in total. The Bertz CT molecular complexity index is 1080. The number of nitrogens with one attached hydrogen (secondary N) is 1. The van der Waals surface area contributed by atoms with Gasteiger partial charge in [-0.1, -0.05) is 6.07 Å². The molecule has 0 radical (unpaired) electrons. The van der Waals surface area contributed by atoms with Crippen LogP contribution in [0.25, 0.3) is 0 Å². The minimum absolute atomic E-state index is 0.0806. The van der Waals surface area contributed by atoms with Gasteiger partial charge in [-0.05, 0) is 68.7 Å². The zero-order chi connectivity index (χ0) is 23.8. The Hall–Kier alpha value is -3.20. The lowest BCUT2D eigenvalue weighted by atomic mass is 10.0. The summed E-state index contributed by atoms with van der Waals surface area (Å²) in [4.78, 5) is 20.4. The van der Waals surface area contributed by atoms with E-state index in [9.17, 15) is 23.1 Å². The van der Waals surface area contributed by atoms with Crippen LogP contribution in [-0.4, -0.2) is 36.8 Å². The first-order valence-corrected chi connectivity index (χ1v) is 10.8. The molecule has 176 valence electrons. The molecule has 9 heteroatoms. The number of aliphatic hydroxyl groups excluding tert-OH is 1. The van der Waals surface area contributed by atoms with Crippen molar-refractivity contribution in [2.24, 2.45) is 0 Å². The molecule has 1 saturated heterocycles. The van der Waals surface area contributed by atoms with Crippen LogP contribution in [0.5, 0.6) is 0 Å². The van der Waals surface area contributed by atoms with Crippen LogP contribution in [0.3, 0.4) is 0 Å². The number of rotatable bonds is 4. The van der Waals surface area contributed by atoms with Crippen molar-refractivity contribution in [3.8, 4) is 0 Å². The van der Waals surface area contributed by atoms with Crippen molar-refractivity contribution in [3.63, 3.8) is 0 Å². The van der Waals surface area contributed by atoms with E-state index in [2.05, 4.69) is 5.32 Å². The summed E-state index contributed by atoms with van der Waals surface area (Å²) < 4.78 is 40.7. The van der Waals surface area contributed by atoms with Gasteiger partial charge in [0.2, 0.25) is 0 Å². The van der Waals surface area contributed by atoms with Crippen molar-refractivity contribution < 1.29 is 27.9 Å². The summed E-state index contributed by atoms with van der Waals surface area (Å²) in [6, 6.07) is 8.64. The minimum Gasteiger partial charge on any atom is -0.393 e. The molecule has 0 saturated carbocycles. The zero-order valence-corrected chi connectivity index (χ0v) is 18.4. The average Bonchev–Trinajstić information content (AvgIpc) is 3.20. The molecule has 0 atom stereocenters. The molecule has 2 aromatic rings. The van der Waals surface area contributed by atoms with E-state index < -0.39 is 23.8 Å². The van der Waals surface area contributed by atoms with Crippen molar-refractivity contribution in [2.45, 2.75) is 39.0 Å². The second-order valence-corrected chi connectivity index (χ2v) is 8.41. The Labute approximate surface area is 190 Å². The highest BCUT2D eigenvalue weighted by Crippen LogP contribution is 2.34. The molecule has 33 heavy (non-hydrogen) atoms. The third-order valence-electron chi connectivity index (χ3n) is 5.87. The lowest BCUT2D eigenvalue weighted by Gasteiger charge is -2.32. The highest BCUT2D eigenvalue weighted by atomic mass is 19.4. The third-order valence-corrected chi connectivity index (χ3v) is 5.87. The lowest BCUT2D eigenvalue weighted by molar-refractivity contribution is -0.137. The molecule has 1 fully saturated rings. The number of allylic oxidation sites excluding steroid dienone is 1. The van der Waals surface area contributed by atoms with Gasteiger partial charge >= 0.3 is 6.18 Å². The molecule has 1 amide bonds. The number of benzene rings is 2. The molecule has 0 aromatic heterocycles. The second-order valence-electron chi connectivity index (χ2n) is 8.41. The van der Waals surface area contributed by atoms with Crippen LogP contribution in [0.4, 0.5) is 30.2 Å². The van der Waals surface area contributed by atoms with Gasteiger partial charge in [0, 0.05) is 30.0 Å². The first kappa shape index (κ1) is 23.0. The summed E-state index contributed by atoms with van der Waals surface area (Å²) >= 11 is 0. The quantitative estimate of drug-likeness (QED) is 0.679. The van der Waals surface area contributed by atoms with Crippen molar-refractivity contribution in [3.05, 3.63) is 64.9 Å². The maximum atomic E-state index is 13.6. The maximum Gasteiger partial charge on any atom is 0.416 e. The molecule has 0 unspecified atom stereocenters. The van der Waals surface area contributed by atoms with Crippen LogP contribution in [0.2, 0.25) is 0 Å². The minimum atomic E-state index is -4.59. The highest BCUT2D eigenvalue weighted by molar-refractivity contribution is 6.05. The van der Waals surface area contributed by atoms with Crippen LogP contribution in [0.15, 0.2) is 48.2 Å². The number of aliphatic hydroxyl groups is 1. The number of alkyl halides is 3. The Morgan fingerprint density at radius 1 is 1.12 bits per heavy atom. The molecule has 0 aliphatic carbocycles. The number of carbonyl (C=O) groups excluding carboxylic acids is 1. The molecule has 6 nitrogen and oxygen atoms in total. The molecule has 2 aliphatic heterocycles. The first-order valence-electron chi connectivity index (χ1n) is 10.8. The van der Waals surface area contributed by atoms with Gasteiger partial charge in [-0.25, -0.2) is 5.06 Å². The predicted molar refractivity (Wildman–Crippen MR) is 120 cm³/mol. The SMILES string of the molecule is CC1=CCN(c2cc(NC(=O)c3cc(N4CCC(O)CC4)cc(C(F)(F)F)c3)ccc2C)O1. The number of nitrogens with zero attached hydrogens (tertiary/aromatic N) is 2. The first-order chi connectivity index (χ1) is 15.6. The van der Waals surface area contributed by atoms with Gasteiger partial charge in [-0.2, -0.15) is 13.2 Å². The summed E-state index contributed by atoms with van der Waals surface area (Å²) in [5, 5.41) is 14.1. The third kappa shape index (κ3) is 5.24. The molecular formula is C24H26F3N3O3. The van der Waals surface area contributed by atoms with E-state index in [0.717, 1.165) is 29.1 Å². The fourth-order valence-corrected chi connectivity index (χ4v) is 3.98. The van der Waals surface area contributed by atoms with Gasteiger partial charge in [0.25, 0.3) is 5.91 Å². The topological polar surface area (TPSA) is 65.0 Å². The van der Waals surface area contributed by atoms with E-state index in [4.69, 9.17) is 4.84 Å². The largest absolute Gasteiger partial charge is 0.416 e. The van der Waals surface area contributed by atoms with Crippen LogP contribution >= 0.6 is 0 Å². The highest BCUT2D eigenvalue weighted by Gasteiger charge is 2.33. The van der Waals surface area contributed by atoms with E-state index in [1.807, 2.05) is 26.0 Å². The number of anilines is 3. The molecule has 0 spiro atoms. The maximum absolute atomic E-state index is 13.6. The molecule has 2 aliphatic rings. The number of hydroxylamine groups is 1. The number of amides is 1. The lowest BCUT2D eigenvalue weighted by Crippen LogP contribution is -2.36. The van der Waals surface area contributed by atoms with E-state index in [1.54, 1.807) is 22.1 Å². The summed E-state index contributed by atoms with van der Waals surface area (Å²) in [6.45, 7) is 5.16. The molecule has 0 bridgehead atoms. The van der Waals surface area contributed by atoms with Gasteiger partial charge in [-0.3, -0.25) is 4.79 Å². The number of carbonyl (C=O) groups is 1. The summed E-state index contributed by atoms with van der Waals surface area (Å²) in [6.07, 6.45) is -2.18. The van der Waals surface area contributed by atoms with Gasteiger partial charge < -0.3 is 20.2 Å².